The van der Waals surface area contributed by atoms with E-state index in [4.69, 9.17) is 0 Å². The van der Waals surface area contributed by atoms with Crippen molar-refractivity contribution in [3.8, 4) is 11.4 Å². The molecule has 0 bridgehead atoms. The zero-order valence-corrected chi connectivity index (χ0v) is 16.0. The smallest absolute Gasteiger partial charge is 0.305 e. The summed E-state index contributed by atoms with van der Waals surface area (Å²) in [6.45, 7) is 4.79. The molecule has 3 rings (SSSR count). The minimum Gasteiger partial charge on any atom is -0.469 e. The van der Waals surface area contributed by atoms with Crippen LogP contribution in [0.5, 0.6) is 0 Å². The van der Waals surface area contributed by atoms with E-state index < -0.39 is 0 Å². The van der Waals surface area contributed by atoms with Gasteiger partial charge in [0.2, 0.25) is 0 Å². The Kier molecular flexibility index (Phi) is 6.01. The van der Waals surface area contributed by atoms with Crippen LogP contribution in [0, 0.1) is 13.8 Å². The Labute approximate surface area is 158 Å². The topological polar surface area (TPSA) is 81.4 Å². The number of fused-ring (bicyclic) bond motifs is 1. The van der Waals surface area contributed by atoms with E-state index >= 15 is 0 Å². The molecule has 1 N–H and O–H groups in total. The highest BCUT2D eigenvalue weighted by Gasteiger charge is 2.11. The van der Waals surface area contributed by atoms with Crippen molar-refractivity contribution in [1.82, 2.24) is 19.6 Å². The molecule has 0 saturated heterocycles. The first-order valence-corrected chi connectivity index (χ1v) is 9.19. The fourth-order valence-corrected chi connectivity index (χ4v) is 2.91. The van der Waals surface area contributed by atoms with Gasteiger partial charge >= 0.3 is 5.97 Å². The Balaban J connectivity index is 1.69. The minimum absolute atomic E-state index is 0.152. The van der Waals surface area contributed by atoms with Crippen LogP contribution in [0.4, 0.5) is 5.82 Å². The van der Waals surface area contributed by atoms with Crippen LogP contribution in [0.25, 0.3) is 17.2 Å². The van der Waals surface area contributed by atoms with Crippen LogP contribution in [0.3, 0.4) is 0 Å². The Morgan fingerprint density at radius 1 is 1.15 bits per heavy atom. The number of rotatable bonds is 8. The molecule has 3 aromatic rings. The molecule has 0 aliphatic carbocycles. The van der Waals surface area contributed by atoms with Gasteiger partial charge in [-0.05, 0) is 32.8 Å². The predicted molar refractivity (Wildman–Crippen MR) is 105 cm³/mol. The average molecular weight is 367 g/mol. The number of benzene rings is 1. The van der Waals surface area contributed by atoms with E-state index in [0.29, 0.717) is 18.0 Å². The van der Waals surface area contributed by atoms with Gasteiger partial charge in [-0.3, -0.25) is 4.79 Å². The molecule has 27 heavy (non-hydrogen) atoms. The van der Waals surface area contributed by atoms with Crippen molar-refractivity contribution in [1.29, 1.82) is 0 Å². The number of carbonyl (C=O) groups excluding carboxylic acids is 1. The van der Waals surface area contributed by atoms with E-state index in [1.165, 1.54) is 12.7 Å². The van der Waals surface area contributed by atoms with Crippen LogP contribution in [-0.4, -0.2) is 39.2 Å². The summed E-state index contributed by atoms with van der Waals surface area (Å²) in [7, 11) is 1.42. The van der Waals surface area contributed by atoms with Crippen LogP contribution < -0.4 is 5.32 Å². The Bertz CT molecular complexity index is 935. The molecular weight excluding hydrogens is 342 g/mol. The number of hydrogen-bond donors (Lipinski definition) is 1. The number of aromatic nitrogens is 4. The van der Waals surface area contributed by atoms with Crippen LogP contribution >= 0.6 is 0 Å². The van der Waals surface area contributed by atoms with Crippen LogP contribution in [0.1, 0.15) is 36.9 Å². The number of carbonyl (C=O) groups is 1. The van der Waals surface area contributed by atoms with Crippen molar-refractivity contribution in [2.75, 3.05) is 19.0 Å². The van der Waals surface area contributed by atoms with Gasteiger partial charge < -0.3 is 10.1 Å². The quantitative estimate of drug-likeness (QED) is 0.484. The van der Waals surface area contributed by atoms with Crippen LogP contribution in [0.2, 0.25) is 0 Å². The molecule has 7 heteroatoms. The lowest BCUT2D eigenvalue weighted by atomic mass is 10.1. The molecule has 0 spiro atoms. The van der Waals surface area contributed by atoms with Crippen LogP contribution in [-0.2, 0) is 9.53 Å². The van der Waals surface area contributed by atoms with E-state index in [-0.39, 0.29) is 5.97 Å². The van der Waals surface area contributed by atoms with Crippen molar-refractivity contribution < 1.29 is 9.53 Å². The lowest BCUT2D eigenvalue weighted by Crippen LogP contribution is -2.08. The molecule has 0 unspecified atom stereocenters. The molecule has 0 aliphatic heterocycles. The lowest BCUT2D eigenvalue weighted by molar-refractivity contribution is -0.140. The number of esters is 1. The minimum atomic E-state index is -0.152. The third kappa shape index (κ3) is 4.81. The summed E-state index contributed by atoms with van der Waals surface area (Å²) in [5, 5.41) is 8.04. The number of aryl methyl sites for hydroxylation is 2. The SMILES string of the molecule is COC(=O)CCCCCNc1cc(C)nc2nc(-c3cccc(C)c3)nn12. The number of unbranched alkanes of at least 4 members (excludes halogenated alkanes) is 2. The Morgan fingerprint density at radius 3 is 2.78 bits per heavy atom. The summed E-state index contributed by atoms with van der Waals surface area (Å²) in [6.07, 6.45) is 3.22. The van der Waals surface area contributed by atoms with Gasteiger partial charge in [-0.1, -0.05) is 30.2 Å². The molecule has 0 aliphatic rings. The summed E-state index contributed by atoms with van der Waals surface area (Å²) in [5.41, 5.74) is 3.03. The maximum absolute atomic E-state index is 11.1. The number of hydrogen-bond acceptors (Lipinski definition) is 6. The van der Waals surface area contributed by atoms with Gasteiger partial charge in [0.05, 0.1) is 7.11 Å². The third-order valence-corrected chi connectivity index (χ3v) is 4.31. The molecule has 142 valence electrons. The van der Waals surface area contributed by atoms with Crippen molar-refractivity contribution >= 4 is 17.6 Å². The lowest BCUT2D eigenvalue weighted by Gasteiger charge is -2.08. The first-order chi connectivity index (χ1) is 13.1. The molecule has 2 aromatic heterocycles. The van der Waals surface area contributed by atoms with Crippen LogP contribution in [0.15, 0.2) is 30.3 Å². The fourth-order valence-electron chi connectivity index (χ4n) is 2.91. The molecule has 2 heterocycles. The Morgan fingerprint density at radius 2 is 2.00 bits per heavy atom. The standard InChI is InChI=1S/C20H25N5O2/c1-14-8-7-9-16(12-14)19-23-20-22-15(2)13-17(25(20)24-19)21-11-6-4-5-10-18(26)27-3/h7-9,12-13,21H,4-6,10-11H2,1-3H3. The van der Waals surface area contributed by atoms with E-state index in [1.807, 2.05) is 25.1 Å². The second-order valence-corrected chi connectivity index (χ2v) is 6.61. The van der Waals surface area contributed by atoms with E-state index in [9.17, 15) is 4.79 Å². The molecule has 7 nitrogen and oxygen atoms in total. The summed E-state index contributed by atoms with van der Waals surface area (Å²) in [6, 6.07) is 10.1. The van der Waals surface area contributed by atoms with Crippen molar-refractivity contribution in [3.05, 3.63) is 41.6 Å². The molecule has 0 amide bonds. The van der Waals surface area contributed by atoms with Gasteiger partial charge in [0.25, 0.3) is 5.78 Å². The molecular formula is C20H25N5O2. The van der Waals surface area contributed by atoms with Gasteiger partial charge in [-0.2, -0.15) is 9.50 Å². The second-order valence-electron chi connectivity index (χ2n) is 6.61. The summed E-state index contributed by atoms with van der Waals surface area (Å²) < 4.78 is 6.40. The maximum atomic E-state index is 11.1. The van der Waals surface area contributed by atoms with Gasteiger partial charge in [0, 0.05) is 30.3 Å². The molecule has 0 fully saturated rings. The predicted octanol–water partition coefficient (Wildman–Crippen LogP) is 3.55. The highest BCUT2D eigenvalue weighted by Crippen LogP contribution is 2.19. The summed E-state index contributed by atoms with van der Waals surface area (Å²) in [4.78, 5) is 20.2. The zero-order chi connectivity index (χ0) is 19.2. The molecule has 0 atom stereocenters. The molecule has 0 saturated carbocycles. The average Bonchev–Trinajstić information content (AvgIpc) is 3.08. The zero-order valence-electron chi connectivity index (χ0n) is 16.0. The van der Waals surface area contributed by atoms with E-state index in [2.05, 4.69) is 44.2 Å². The monoisotopic (exact) mass is 367 g/mol. The fraction of sp³-hybridized carbons (Fsp3) is 0.400. The highest BCUT2D eigenvalue weighted by atomic mass is 16.5. The number of anilines is 1. The van der Waals surface area contributed by atoms with Gasteiger partial charge in [-0.25, -0.2) is 4.98 Å². The van der Waals surface area contributed by atoms with E-state index in [1.54, 1.807) is 4.52 Å². The van der Waals surface area contributed by atoms with E-state index in [0.717, 1.165) is 42.9 Å². The van der Waals surface area contributed by atoms with Crippen molar-refractivity contribution in [2.24, 2.45) is 0 Å². The Hall–Kier alpha value is -2.96. The normalized spacial score (nSPS) is 10.9. The number of nitrogens with zero attached hydrogens (tertiary/aromatic N) is 4. The first kappa shape index (κ1) is 18.8. The first-order valence-electron chi connectivity index (χ1n) is 9.19. The largest absolute Gasteiger partial charge is 0.469 e. The van der Waals surface area contributed by atoms with Gasteiger partial charge in [-0.15, -0.1) is 5.10 Å². The maximum Gasteiger partial charge on any atom is 0.305 e. The number of methoxy groups -OCH3 is 1. The third-order valence-electron chi connectivity index (χ3n) is 4.31. The van der Waals surface area contributed by atoms with Gasteiger partial charge in [0.1, 0.15) is 5.82 Å². The second kappa shape index (κ2) is 8.62. The molecule has 0 radical (unpaired) electrons. The van der Waals surface area contributed by atoms with Crippen molar-refractivity contribution in [3.63, 3.8) is 0 Å². The van der Waals surface area contributed by atoms with Gasteiger partial charge in [0.15, 0.2) is 5.82 Å². The van der Waals surface area contributed by atoms with Crippen molar-refractivity contribution in [2.45, 2.75) is 39.5 Å². The summed E-state index contributed by atoms with van der Waals surface area (Å²) >= 11 is 0. The molecule has 1 aromatic carbocycles. The summed E-state index contributed by atoms with van der Waals surface area (Å²) in [5.74, 6) is 1.97. The number of ether oxygens (including phenoxy) is 1. The number of nitrogens with one attached hydrogen (secondary N) is 1. The highest BCUT2D eigenvalue weighted by molar-refractivity contribution is 5.69.